The number of carbonyl (C=O) groups is 2. The van der Waals surface area contributed by atoms with Crippen LogP contribution in [0.25, 0.3) is 9.75 Å². The van der Waals surface area contributed by atoms with Crippen molar-refractivity contribution in [3.8, 4) is 9.75 Å². The lowest BCUT2D eigenvalue weighted by molar-refractivity contribution is -0.142. The van der Waals surface area contributed by atoms with E-state index in [0.29, 0.717) is 6.54 Å². The number of nitrogens with one attached hydrogen (secondary N) is 1. The predicted molar refractivity (Wildman–Crippen MR) is 143 cm³/mol. The van der Waals surface area contributed by atoms with Gasteiger partial charge < -0.3 is 10.2 Å². The third-order valence-electron chi connectivity index (χ3n) is 7.28. The van der Waals surface area contributed by atoms with Crippen LogP contribution in [0.5, 0.6) is 0 Å². The molecule has 5 rings (SSSR count). The first-order valence-corrected chi connectivity index (χ1v) is 14.3. The summed E-state index contributed by atoms with van der Waals surface area (Å²) in [5.74, 6) is -0.152. The van der Waals surface area contributed by atoms with Gasteiger partial charge in [0.2, 0.25) is 11.8 Å². The van der Waals surface area contributed by atoms with Crippen LogP contribution >= 0.6 is 22.7 Å². The first-order valence-electron chi connectivity index (χ1n) is 12.6. The van der Waals surface area contributed by atoms with Gasteiger partial charge in [0.15, 0.2) is 0 Å². The molecule has 1 aliphatic carbocycles. The number of piperazine rings is 1. The van der Waals surface area contributed by atoms with Crippen LogP contribution in [0.4, 0.5) is 0 Å². The zero-order chi connectivity index (χ0) is 24.0. The number of rotatable bonds is 8. The summed E-state index contributed by atoms with van der Waals surface area (Å²) in [5, 5.41) is 5.20. The first-order chi connectivity index (χ1) is 17.2. The van der Waals surface area contributed by atoms with Crippen molar-refractivity contribution >= 4 is 34.5 Å². The molecule has 2 atom stereocenters. The normalized spacial score (nSPS) is 20.7. The molecule has 0 unspecified atom stereocenters. The summed E-state index contributed by atoms with van der Waals surface area (Å²) in [6.07, 6.45) is 3.63. The van der Waals surface area contributed by atoms with Crippen molar-refractivity contribution in [3.05, 3.63) is 70.4 Å². The molecule has 0 bridgehead atoms. The molecule has 7 heteroatoms. The maximum absolute atomic E-state index is 13.3. The summed E-state index contributed by atoms with van der Waals surface area (Å²) >= 11 is 3.45. The molecule has 184 valence electrons. The number of thiophene rings is 2. The smallest absolute Gasteiger partial charge is 0.226 e. The van der Waals surface area contributed by atoms with Crippen LogP contribution in [-0.4, -0.2) is 54.3 Å². The molecule has 1 N–H and O–H groups in total. The van der Waals surface area contributed by atoms with Crippen molar-refractivity contribution < 1.29 is 9.59 Å². The summed E-state index contributed by atoms with van der Waals surface area (Å²) in [4.78, 5) is 34.5. The van der Waals surface area contributed by atoms with Crippen LogP contribution in [0.15, 0.2) is 60.0 Å². The number of benzene rings is 1. The zero-order valence-electron chi connectivity index (χ0n) is 20.0. The molecule has 1 aromatic carbocycles. The maximum Gasteiger partial charge on any atom is 0.226 e. The first kappa shape index (κ1) is 24.2. The molecule has 0 spiro atoms. The Kier molecular flexibility index (Phi) is 7.96. The van der Waals surface area contributed by atoms with Crippen LogP contribution in [-0.2, 0) is 22.6 Å². The van der Waals surface area contributed by atoms with Gasteiger partial charge >= 0.3 is 0 Å². The fourth-order valence-corrected chi connectivity index (χ4v) is 7.04. The van der Waals surface area contributed by atoms with Gasteiger partial charge in [0, 0.05) is 59.2 Å². The van der Waals surface area contributed by atoms with Crippen molar-refractivity contribution in [2.24, 2.45) is 11.8 Å². The zero-order valence-corrected chi connectivity index (χ0v) is 21.7. The van der Waals surface area contributed by atoms with E-state index in [1.54, 1.807) is 22.7 Å². The Morgan fingerprint density at radius 3 is 2.46 bits per heavy atom. The highest BCUT2D eigenvalue weighted by molar-refractivity contribution is 7.21. The number of amides is 2. The maximum atomic E-state index is 13.3. The van der Waals surface area contributed by atoms with E-state index in [9.17, 15) is 9.59 Å². The highest BCUT2D eigenvalue weighted by Gasteiger charge is 2.40. The SMILES string of the molecule is O=C(NCc1ccc(-c2cccs2)s1)[C@@H]1CCC[C@H]1C(=O)N1CCN(CCc2ccccc2)CC1. The van der Waals surface area contributed by atoms with Crippen molar-refractivity contribution in [1.82, 2.24) is 15.1 Å². The molecule has 1 saturated carbocycles. The van der Waals surface area contributed by atoms with Gasteiger partial charge in [-0.1, -0.05) is 42.8 Å². The number of hydrogen-bond acceptors (Lipinski definition) is 5. The molecule has 3 heterocycles. The van der Waals surface area contributed by atoms with Crippen LogP contribution in [0, 0.1) is 11.8 Å². The molecule has 2 fully saturated rings. The molecule has 1 saturated heterocycles. The molecule has 1 aliphatic heterocycles. The molecule has 2 aliphatic rings. The summed E-state index contributed by atoms with van der Waals surface area (Å²) in [6.45, 7) is 4.91. The van der Waals surface area contributed by atoms with Gasteiger partial charge in [-0.2, -0.15) is 0 Å². The topological polar surface area (TPSA) is 52.7 Å². The third-order valence-corrected chi connectivity index (χ3v) is 9.43. The Morgan fingerprint density at radius 1 is 0.886 bits per heavy atom. The third kappa shape index (κ3) is 6.02. The number of carbonyl (C=O) groups excluding carboxylic acids is 2. The van der Waals surface area contributed by atoms with Crippen molar-refractivity contribution in [2.45, 2.75) is 32.2 Å². The molecule has 2 aromatic heterocycles. The minimum Gasteiger partial charge on any atom is -0.351 e. The summed E-state index contributed by atoms with van der Waals surface area (Å²) in [6, 6.07) is 19.0. The van der Waals surface area contributed by atoms with Gasteiger partial charge in [0.1, 0.15) is 0 Å². The van der Waals surface area contributed by atoms with E-state index >= 15 is 0 Å². The summed E-state index contributed by atoms with van der Waals surface area (Å²) in [7, 11) is 0. The Balaban J connectivity index is 1.09. The summed E-state index contributed by atoms with van der Waals surface area (Å²) < 4.78 is 0. The molecule has 2 amide bonds. The molecule has 5 nitrogen and oxygen atoms in total. The van der Waals surface area contributed by atoms with Gasteiger partial charge in [-0.15, -0.1) is 22.7 Å². The second kappa shape index (κ2) is 11.5. The minimum absolute atomic E-state index is 0.0356. The quantitative estimate of drug-likeness (QED) is 0.472. The molecule has 35 heavy (non-hydrogen) atoms. The lowest BCUT2D eigenvalue weighted by atomic mass is 9.93. The van der Waals surface area contributed by atoms with Crippen LogP contribution in [0.3, 0.4) is 0 Å². The fraction of sp³-hybridized carbons (Fsp3) is 0.429. The van der Waals surface area contributed by atoms with Crippen molar-refractivity contribution in [1.29, 1.82) is 0 Å². The van der Waals surface area contributed by atoms with Gasteiger partial charge in [-0.25, -0.2) is 0 Å². The van der Waals surface area contributed by atoms with Gasteiger partial charge in [0.25, 0.3) is 0 Å². The van der Waals surface area contributed by atoms with Gasteiger partial charge in [0.05, 0.1) is 6.54 Å². The Morgan fingerprint density at radius 2 is 1.69 bits per heavy atom. The standard InChI is InChI=1S/C28H33N3O2S2/c32-27(29-20-22-11-12-26(35-22)25-10-5-19-34-25)23-8-4-9-24(23)28(33)31-17-15-30(16-18-31)14-13-21-6-2-1-3-7-21/h1-3,5-7,10-12,19,23-24H,4,8-9,13-18,20H2,(H,29,32)/t23-,24-/m1/s1. The lowest BCUT2D eigenvalue weighted by Gasteiger charge is -2.36. The molecular weight excluding hydrogens is 474 g/mol. The number of hydrogen-bond donors (Lipinski definition) is 1. The summed E-state index contributed by atoms with van der Waals surface area (Å²) in [5.41, 5.74) is 1.36. The van der Waals surface area contributed by atoms with E-state index in [-0.39, 0.29) is 23.7 Å². The van der Waals surface area contributed by atoms with E-state index in [1.165, 1.54) is 15.3 Å². The van der Waals surface area contributed by atoms with E-state index in [1.807, 2.05) is 4.90 Å². The van der Waals surface area contributed by atoms with E-state index in [2.05, 4.69) is 70.2 Å². The largest absolute Gasteiger partial charge is 0.351 e. The van der Waals surface area contributed by atoms with Gasteiger partial charge in [-0.3, -0.25) is 14.5 Å². The van der Waals surface area contributed by atoms with E-state index < -0.39 is 0 Å². The van der Waals surface area contributed by atoms with Crippen LogP contribution < -0.4 is 5.32 Å². The van der Waals surface area contributed by atoms with Crippen molar-refractivity contribution in [2.75, 3.05) is 32.7 Å². The second-order valence-corrected chi connectivity index (χ2v) is 11.6. The average Bonchev–Trinajstić information content (AvgIpc) is 3.68. The van der Waals surface area contributed by atoms with E-state index in [4.69, 9.17) is 0 Å². The fourth-order valence-electron chi connectivity index (χ4n) is 5.26. The predicted octanol–water partition coefficient (Wildman–Crippen LogP) is 4.90. The Hall–Kier alpha value is -2.48. The monoisotopic (exact) mass is 507 g/mol. The lowest BCUT2D eigenvalue weighted by Crippen LogP contribution is -2.51. The molecular formula is C28H33N3O2S2. The Bertz CT molecular complexity index is 1100. The number of nitrogens with zero attached hydrogens (tertiary/aromatic N) is 2. The second-order valence-electron chi connectivity index (χ2n) is 9.51. The molecule has 3 aromatic rings. The van der Waals surface area contributed by atoms with Crippen LogP contribution in [0.1, 0.15) is 29.7 Å². The minimum atomic E-state index is -0.199. The van der Waals surface area contributed by atoms with Crippen molar-refractivity contribution in [3.63, 3.8) is 0 Å². The van der Waals surface area contributed by atoms with E-state index in [0.717, 1.165) is 63.3 Å². The van der Waals surface area contributed by atoms with Gasteiger partial charge in [-0.05, 0) is 48.4 Å². The Labute approximate surface area is 215 Å². The highest BCUT2D eigenvalue weighted by Crippen LogP contribution is 2.34. The molecule has 0 radical (unpaired) electrons. The average molecular weight is 508 g/mol. The van der Waals surface area contributed by atoms with Crippen LogP contribution in [0.2, 0.25) is 0 Å². The highest BCUT2D eigenvalue weighted by atomic mass is 32.1.